The maximum absolute atomic E-state index is 13.8. The number of fused-ring (bicyclic) bond motifs is 4. The summed E-state index contributed by atoms with van der Waals surface area (Å²) in [5.41, 5.74) is 11.1. The third-order valence-corrected chi connectivity index (χ3v) is 18.6. The van der Waals surface area contributed by atoms with Gasteiger partial charge >= 0.3 is 18.2 Å². The monoisotopic (exact) mass is 1300 g/mol. The minimum Gasteiger partial charge on any atom is -0.478 e. The molecule has 4 N–H and O–H groups in total. The minimum atomic E-state index is -1.26. The molecular weight excluding hydrogens is 1210 g/mol. The molecule has 0 saturated carbocycles. The molecule has 2 saturated heterocycles. The highest BCUT2D eigenvalue weighted by Crippen LogP contribution is 2.33. The number of aryl methyl sites for hydroxylation is 2. The summed E-state index contributed by atoms with van der Waals surface area (Å²) in [6.45, 7) is 29.0. The second-order valence-corrected chi connectivity index (χ2v) is 39.3. The number of halogens is 2. The van der Waals surface area contributed by atoms with Crippen molar-refractivity contribution in [1.82, 2.24) is 63.7 Å². The molecule has 6 aromatic heterocycles. The van der Waals surface area contributed by atoms with E-state index in [2.05, 4.69) is 59.7 Å². The molecule has 3 amide bonds. The van der Waals surface area contributed by atoms with Crippen LogP contribution in [0.4, 0.5) is 9.59 Å². The van der Waals surface area contributed by atoms with Crippen LogP contribution >= 0.6 is 23.2 Å². The van der Waals surface area contributed by atoms with Crippen molar-refractivity contribution in [2.24, 2.45) is 19.8 Å². The van der Waals surface area contributed by atoms with Crippen LogP contribution in [0, 0.1) is 0 Å². The number of carbonyl (C=O) groups is 4. The van der Waals surface area contributed by atoms with E-state index < -0.39 is 33.3 Å². The highest BCUT2D eigenvalue weighted by Gasteiger charge is 2.31. The Kier molecular flexibility index (Phi) is 21.4. The SMILES string of the molecule is CC(C)(C)OC(=O)N1CCC[C@@H](N)C1.Cn1nc(-c2cnc3c(n2)c(C(=O)N[C@@H]2CCCN(C(=O)OC(C)(C)C)C2)cn3COCC[Si](C)(C)C)c2ccc(Cl)cc21.Cn1nc(-c2cnc3c(n2)c(C(=O)O)cn3COCC[Si](C)(C)C)c2ccc(Cl)cc21. The van der Waals surface area contributed by atoms with Gasteiger partial charge in [-0.15, -0.1) is 0 Å². The van der Waals surface area contributed by atoms with Crippen LogP contribution in [0.2, 0.25) is 61.4 Å². The highest BCUT2D eigenvalue weighted by molar-refractivity contribution is 6.76. The first kappa shape index (κ1) is 67.9. The summed E-state index contributed by atoms with van der Waals surface area (Å²) in [5.74, 6) is -1.34. The summed E-state index contributed by atoms with van der Waals surface area (Å²) in [6, 6.07) is 13.0. The molecule has 2 aliphatic rings. The largest absolute Gasteiger partial charge is 0.478 e. The summed E-state index contributed by atoms with van der Waals surface area (Å²) in [7, 11) is 1.21. The van der Waals surface area contributed by atoms with E-state index in [0.717, 1.165) is 66.1 Å². The smallest absolute Gasteiger partial charge is 0.410 e. The van der Waals surface area contributed by atoms with Crippen molar-refractivity contribution < 1.29 is 43.2 Å². The summed E-state index contributed by atoms with van der Waals surface area (Å²) >= 11 is 12.4. The Morgan fingerprint density at radius 2 is 1.10 bits per heavy atom. The number of likely N-dealkylation sites (tertiary alicyclic amines) is 2. The zero-order chi connectivity index (χ0) is 64.9. The fraction of sp³-hybridized carbons (Fsp3) is 0.516. The highest BCUT2D eigenvalue weighted by atomic mass is 35.5. The first-order valence-electron chi connectivity index (χ1n) is 30.1. The number of carboxylic acid groups (broad SMARTS) is 1. The van der Waals surface area contributed by atoms with Crippen LogP contribution in [0.15, 0.2) is 61.2 Å². The zero-order valence-electron chi connectivity index (χ0n) is 53.7. The van der Waals surface area contributed by atoms with Crippen molar-refractivity contribution in [3.63, 3.8) is 0 Å². The number of piperidine rings is 2. The number of ether oxygens (including phenoxy) is 4. The standard InChI is InChI=1S/C31H42ClN7O4Si.C21H24ClN5O3Si.C10H20N2O2/c1-31(2,3)43-30(41)38-12-8-9-21(17-38)34-29(40)23-18-39(19-42-13-14-44(5,6)7)28-27(23)35-24(16-33-28)26-22-11-10-20(32)15-25(22)37(4)36-26;1-26-17-9-13(22)5-6-14(17)18(25-26)16-10-23-20-19(24-16)15(21(28)29)11-27(20)12-30-7-8-31(2,3)4;1-10(2,3)14-9(13)12-6-4-5-8(11)7-12/h10-11,15-16,18,21H,8-9,12-14,17,19H2,1-7H3,(H,34,40);5-6,9-11H,7-8,12H2,1-4H3,(H,28,29);8H,4-7,11H2,1-3H3/t21-;;8-/m1.1/s1. The van der Waals surface area contributed by atoms with E-state index in [1.807, 2.05) is 90.5 Å². The number of nitrogens with one attached hydrogen (secondary N) is 1. The molecular formula is C62H86Cl2N14O9Si2. The first-order valence-corrected chi connectivity index (χ1v) is 38.3. The van der Waals surface area contributed by atoms with Crippen molar-refractivity contribution in [2.75, 3.05) is 39.4 Å². The molecule has 8 aromatic rings. The van der Waals surface area contributed by atoms with E-state index in [1.165, 1.54) is 6.20 Å². The lowest BCUT2D eigenvalue weighted by Gasteiger charge is -2.34. The van der Waals surface area contributed by atoms with Gasteiger partial charge in [-0.25, -0.2) is 34.3 Å². The Bertz CT molecular complexity index is 3860. The lowest BCUT2D eigenvalue weighted by atomic mass is 10.1. The summed E-state index contributed by atoms with van der Waals surface area (Å²) < 4.78 is 29.6. The van der Waals surface area contributed by atoms with Gasteiger partial charge in [-0.05, 0) is 116 Å². The number of carboxylic acids is 1. The zero-order valence-corrected chi connectivity index (χ0v) is 57.3. The quantitative estimate of drug-likeness (QED) is 0.0636. The number of nitrogens with two attached hydrogens (primary N) is 1. The normalized spacial score (nSPS) is 15.9. The Morgan fingerprint density at radius 1 is 0.663 bits per heavy atom. The predicted octanol–water partition coefficient (Wildman–Crippen LogP) is 12.1. The van der Waals surface area contributed by atoms with Gasteiger partial charge in [0.2, 0.25) is 0 Å². The molecule has 2 fully saturated rings. The molecule has 0 spiro atoms. The molecule has 8 heterocycles. The molecule has 0 aliphatic carbocycles. The Balaban J connectivity index is 0.000000196. The molecule has 0 unspecified atom stereocenters. The molecule has 480 valence electrons. The number of rotatable bonds is 15. The van der Waals surface area contributed by atoms with Crippen molar-refractivity contribution in [3.05, 3.63) is 82.4 Å². The Morgan fingerprint density at radius 3 is 1.54 bits per heavy atom. The Hall–Kier alpha value is -7.01. The maximum atomic E-state index is 13.8. The van der Waals surface area contributed by atoms with Gasteiger partial charge in [-0.2, -0.15) is 10.2 Å². The van der Waals surface area contributed by atoms with Crippen LogP contribution in [0.3, 0.4) is 0 Å². The molecule has 89 heavy (non-hydrogen) atoms. The van der Waals surface area contributed by atoms with E-state index >= 15 is 0 Å². The van der Waals surface area contributed by atoms with Gasteiger partial charge < -0.3 is 54.0 Å². The number of hydrogen-bond acceptors (Lipinski definition) is 15. The van der Waals surface area contributed by atoms with Crippen LogP contribution < -0.4 is 11.1 Å². The number of benzene rings is 2. The average molecular weight is 1300 g/mol. The molecule has 23 nitrogen and oxygen atoms in total. The lowest BCUT2D eigenvalue weighted by Crippen LogP contribution is -2.50. The van der Waals surface area contributed by atoms with E-state index in [9.17, 15) is 24.3 Å². The molecule has 10 rings (SSSR count). The third kappa shape index (κ3) is 18.1. The van der Waals surface area contributed by atoms with Crippen LogP contribution in [-0.2, 0) is 46.5 Å². The number of hydrogen-bond donors (Lipinski definition) is 3. The van der Waals surface area contributed by atoms with Gasteiger partial charge in [0.15, 0.2) is 11.3 Å². The fourth-order valence-corrected chi connectivity index (χ4v) is 12.0. The fourth-order valence-electron chi connectivity index (χ4n) is 10.1. The molecule has 2 aliphatic heterocycles. The average Bonchev–Trinajstić information content (AvgIpc) is 1.70. The van der Waals surface area contributed by atoms with Crippen LogP contribution in [-0.4, -0.2) is 166 Å². The van der Waals surface area contributed by atoms with E-state index in [-0.39, 0.29) is 49.2 Å². The first-order chi connectivity index (χ1) is 41.7. The van der Waals surface area contributed by atoms with Crippen molar-refractivity contribution >= 4 is 108 Å². The number of aromatic nitrogens is 10. The van der Waals surface area contributed by atoms with E-state index in [0.29, 0.717) is 93.6 Å². The number of nitrogens with zero attached hydrogens (tertiary/aromatic N) is 12. The topological polar surface area (TPSA) is 267 Å². The van der Waals surface area contributed by atoms with Crippen LogP contribution in [0.25, 0.3) is 66.9 Å². The molecule has 0 radical (unpaired) electrons. The number of amides is 3. The van der Waals surface area contributed by atoms with Gasteiger partial charge in [0.05, 0.1) is 29.0 Å². The molecule has 2 aromatic carbocycles. The second-order valence-electron chi connectivity index (χ2n) is 27.2. The second kappa shape index (κ2) is 28.0. The van der Waals surface area contributed by atoms with Gasteiger partial charge in [0, 0.05) is 115 Å². The third-order valence-electron chi connectivity index (χ3n) is 14.7. The van der Waals surface area contributed by atoms with E-state index in [1.54, 1.807) is 48.4 Å². The number of aromatic carboxylic acids is 1. The van der Waals surface area contributed by atoms with E-state index in [4.69, 9.17) is 62.9 Å². The summed E-state index contributed by atoms with van der Waals surface area (Å²) in [4.78, 5) is 72.1. The maximum Gasteiger partial charge on any atom is 0.410 e. The Labute approximate surface area is 531 Å². The van der Waals surface area contributed by atoms with Crippen molar-refractivity contribution in [3.8, 4) is 22.8 Å². The van der Waals surface area contributed by atoms with Gasteiger partial charge in [0.25, 0.3) is 5.91 Å². The van der Waals surface area contributed by atoms with Crippen LogP contribution in [0.1, 0.15) is 87.9 Å². The summed E-state index contributed by atoms with van der Waals surface area (Å²) in [6.07, 6.45) is 9.45. The molecule has 2 atom stereocenters. The van der Waals surface area contributed by atoms with Crippen molar-refractivity contribution in [1.29, 1.82) is 0 Å². The van der Waals surface area contributed by atoms with Gasteiger partial charge in [-0.3, -0.25) is 14.2 Å². The van der Waals surface area contributed by atoms with Gasteiger partial charge in [-0.1, -0.05) is 62.5 Å². The lowest BCUT2D eigenvalue weighted by molar-refractivity contribution is 0.0182. The summed E-state index contributed by atoms with van der Waals surface area (Å²) in [5, 5.41) is 25.1. The predicted molar refractivity (Wildman–Crippen MR) is 353 cm³/mol. The molecule has 27 heteroatoms. The van der Waals surface area contributed by atoms with Gasteiger partial charge in [0.1, 0.15) is 64.0 Å². The van der Waals surface area contributed by atoms with Crippen LogP contribution in [0.5, 0.6) is 0 Å². The minimum absolute atomic E-state index is 0.0847. The number of carbonyl (C=O) groups excluding carboxylic acids is 3. The molecule has 0 bridgehead atoms. The van der Waals surface area contributed by atoms with Crippen molar-refractivity contribution in [2.45, 2.75) is 155 Å².